The maximum absolute atomic E-state index is 12.3. The molecule has 6 nitrogen and oxygen atoms in total. The maximum atomic E-state index is 12.3. The van der Waals surface area contributed by atoms with Crippen LogP contribution >= 0.6 is 11.8 Å². The van der Waals surface area contributed by atoms with E-state index in [0.717, 1.165) is 12.2 Å². The predicted octanol–water partition coefficient (Wildman–Crippen LogP) is 2.43. The van der Waals surface area contributed by atoms with Crippen molar-refractivity contribution in [3.8, 4) is 0 Å². The quantitative estimate of drug-likeness (QED) is 0.865. The molecule has 1 aromatic heterocycles. The first-order chi connectivity index (χ1) is 11.6. The molecule has 1 atom stereocenters. The monoisotopic (exact) mass is 344 g/mol. The van der Waals surface area contributed by atoms with Crippen molar-refractivity contribution in [1.29, 1.82) is 0 Å². The molecule has 0 aliphatic carbocycles. The highest BCUT2D eigenvalue weighted by atomic mass is 32.2. The number of urea groups is 1. The second kappa shape index (κ2) is 7.53. The highest BCUT2D eigenvalue weighted by molar-refractivity contribution is 7.99. The summed E-state index contributed by atoms with van der Waals surface area (Å²) in [6, 6.07) is 10.0. The van der Waals surface area contributed by atoms with E-state index in [9.17, 15) is 9.59 Å². The SMILES string of the molecule is Cn1ccnc(NC(=O)N2CCC(CSc3ccccc3)C2)c1=O. The summed E-state index contributed by atoms with van der Waals surface area (Å²) in [5.74, 6) is 1.53. The standard InChI is InChI=1S/C17H20N4O2S/c1-20-10-8-18-15(16(20)22)19-17(23)21-9-7-13(11-21)12-24-14-5-3-2-4-6-14/h2-6,8,10,13H,7,9,11-12H2,1H3,(H,18,19,23). The third-order valence-corrected chi connectivity index (χ3v) is 5.29. The van der Waals surface area contributed by atoms with E-state index in [1.807, 2.05) is 30.0 Å². The Bertz CT molecular complexity index is 763. The van der Waals surface area contributed by atoms with Crippen LogP contribution in [-0.4, -0.2) is 39.3 Å². The van der Waals surface area contributed by atoms with Crippen molar-refractivity contribution in [2.24, 2.45) is 13.0 Å². The number of nitrogens with one attached hydrogen (secondary N) is 1. The van der Waals surface area contributed by atoms with Crippen LogP contribution in [0.2, 0.25) is 0 Å². The number of hydrogen-bond acceptors (Lipinski definition) is 4. The van der Waals surface area contributed by atoms with Gasteiger partial charge in [0.05, 0.1) is 0 Å². The van der Waals surface area contributed by atoms with Crippen LogP contribution in [0.25, 0.3) is 0 Å². The van der Waals surface area contributed by atoms with Crippen molar-refractivity contribution in [1.82, 2.24) is 14.5 Å². The summed E-state index contributed by atoms with van der Waals surface area (Å²) in [4.78, 5) is 31.2. The lowest BCUT2D eigenvalue weighted by molar-refractivity contribution is 0.221. The lowest BCUT2D eigenvalue weighted by atomic mass is 10.2. The lowest BCUT2D eigenvalue weighted by Gasteiger charge is -2.17. The second-order valence-corrected chi connectivity index (χ2v) is 6.94. The van der Waals surface area contributed by atoms with Gasteiger partial charge in [-0.2, -0.15) is 0 Å². The van der Waals surface area contributed by atoms with Crippen molar-refractivity contribution in [3.63, 3.8) is 0 Å². The summed E-state index contributed by atoms with van der Waals surface area (Å²) in [5.41, 5.74) is -0.304. The van der Waals surface area contributed by atoms with Crippen LogP contribution in [0, 0.1) is 5.92 Å². The average Bonchev–Trinajstić information content (AvgIpc) is 3.07. The first-order valence-corrected chi connectivity index (χ1v) is 8.87. The number of benzene rings is 1. The molecule has 0 spiro atoms. The molecule has 1 aliphatic rings. The Morgan fingerprint density at radius 2 is 2.17 bits per heavy atom. The van der Waals surface area contributed by atoms with Gasteiger partial charge in [0.15, 0.2) is 0 Å². The number of aryl methyl sites for hydroxylation is 1. The van der Waals surface area contributed by atoms with Crippen LogP contribution in [0.15, 0.2) is 52.4 Å². The van der Waals surface area contributed by atoms with Gasteiger partial charge < -0.3 is 9.47 Å². The van der Waals surface area contributed by atoms with E-state index in [4.69, 9.17) is 0 Å². The van der Waals surface area contributed by atoms with Gasteiger partial charge in [0.2, 0.25) is 5.82 Å². The Kier molecular flexibility index (Phi) is 5.20. The Morgan fingerprint density at radius 3 is 2.96 bits per heavy atom. The van der Waals surface area contributed by atoms with E-state index in [0.29, 0.717) is 19.0 Å². The van der Waals surface area contributed by atoms with Crippen LogP contribution in [0.3, 0.4) is 0 Å². The first kappa shape index (κ1) is 16.6. The Labute approximate surface area is 144 Å². The zero-order valence-electron chi connectivity index (χ0n) is 13.5. The molecule has 2 heterocycles. The maximum Gasteiger partial charge on any atom is 0.323 e. The summed E-state index contributed by atoms with van der Waals surface area (Å²) in [6.45, 7) is 1.41. The van der Waals surface area contributed by atoms with E-state index >= 15 is 0 Å². The highest BCUT2D eigenvalue weighted by Crippen LogP contribution is 2.26. The van der Waals surface area contributed by atoms with E-state index in [-0.39, 0.29) is 17.4 Å². The Morgan fingerprint density at radius 1 is 1.38 bits per heavy atom. The Hall–Kier alpha value is -2.28. The minimum Gasteiger partial charge on any atom is -0.324 e. The summed E-state index contributed by atoms with van der Waals surface area (Å²) >= 11 is 1.82. The van der Waals surface area contributed by atoms with E-state index in [1.54, 1.807) is 18.1 Å². The molecule has 1 N–H and O–H groups in total. The molecule has 7 heteroatoms. The minimum atomic E-state index is -0.304. The molecule has 2 aromatic rings. The van der Waals surface area contributed by atoms with Crippen molar-refractivity contribution in [2.75, 3.05) is 24.2 Å². The van der Waals surface area contributed by atoms with Gasteiger partial charge in [0.25, 0.3) is 5.56 Å². The van der Waals surface area contributed by atoms with Gasteiger partial charge in [0.1, 0.15) is 0 Å². The van der Waals surface area contributed by atoms with Gasteiger partial charge in [0, 0.05) is 43.2 Å². The van der Waals surface area contributed by atoms with Gasteiger partial charge in [-0.3, -0.25) is 10.1 Å². The van der Waals surface area contributed by atoms with Crippen LogP contribution in [-0.2, 0) is 7.05 Å². The zero-order valence-corrected chi connectivity index (χ0v) is 14.3. The van der Waals surface area contributed by atoms with Crippen molar-refractivity contribution < 1.29 is 4.79 Å². The summed E-state index contributed by atoms with van der Waals surface area (Å²) in [6.07, 6.45) is 4.04. The number of likely N-dealkylation sites (tertiary alicyclic amines) is 1. The number of aromatic nitrogens is 2. The first-order valence-electron chi connectivity index (χ1n) is 7.89. The largest absolute Gasteiger partial charge is 0.324 e. The molecule has 1 aliphatic heterocycles. The number of carbonyl (C=O) groups excluding carboxylic acids is 1. The molecule has 24 heavy (non-hydrogen) atoms. The number of rotatable bonds is 4. The van der Waals surface area contributed by atoms with Gasteiger partial charge >= 0.3 is 6.03 Å². The van der Waals surface area contributed by atoms with Crippen LogP contribution in [0.1, 0.15) is 6.42 Å². The molecule has 0 radical (unpaired) electrons. The van der Waals surface area contributed by atoms with Gasteiger partial charge in [-0.1, -0.05) is 18.2 Å². The number of hydrogen-bond donors (Lipinski definition) is 1. The molecular weight excluding hydrogens is 324 g/mol. The summed E-state index contributed by atoms with van der Waals surface area (Å²) < 4.78 is 1.39. The molecular formula is C17H20N4O2S. The number of thioether (sulfide) groups is 1. The smallest absolute Gasteiger partial charge is 0.323 e. The Balaban J connectivity index is 1.52. The van der Waals surface area contributed by atoms with Crippen LogP contribution in [0.4, 0.5) is 10.6 Å². The number of amides is 2. The molecule has 1 unspecified atom stereocenters. The topological polar surface area (TPSA) is 67.2 Å². The number of anilines is 1. The van der Waals surface area contributed by atoms with Crippen molar-refractivity contribution in [2.45, 2.75) is 11.3 Å². The number of nitrogens with zero attached hydrogens (tertiary/aromatic N) is 3. The lowest BCUT2D eigenvalue weighted by Crippen LogP contribution is -2.36. The number of carbonyl (C=O) groups is 1. The minimum absolute atomic E-state index is 0.0760. The van der Waals surface area contributed by atoms with Crippen LogP contribution < -0.4 is 10.9 Å². The second-order valence-electron chi connectivity index (χ2n) is 5.85. The van der Waals surface area contributed by atoms with Crippen LogP contribution in [0.5, 0.6) is 0 Å². The fourth-order valence-corrected chi connectivity index (χ4v) is 3.70. The molecule has 1 fully saturated rings. The molecule has 1 aromatic carbocycles. The molecule has 3 rings (SSSR count). The third kappa shape index (κ3) is 3.97. The highest BCUT2D eigenvalue weighted by Gasteiger charge is 2.26. The normalized spacial score (nSPS) is 17.0. The van der Waals surface area contributed by atoms with E-state index < -0.39 is 0 Å². The predicted molar refractivity (Wildman–Crippen MR) is 95.3 cm³/mol. The summed E-state index contributed by atoms with van der Waals surface area (Å²) in [7, 11) is 1.63. The van der Waals surface area contributed by atoms with Crippen molar-refractivity contribution in [3.05, 3.63) is 53.1 Å². The van der Waals surface area contributed by atoms with E-state index in [2.05, 4.69) is 22.4 Å². The third-order valence-electron chi connectivity index (χ3n) is 4.04. The fourth-order valence-electron chi connectivity index (χ4n) is 2.65. The van der Waals surface area contributed by atoms with Gasteiger partial charge in [-0.15, -0.1) is 11.8 Å². The fraction of sp³-hybridized carbons (Fsp3) is 0.353. The summed E-state index contributed by atoms with van der Waals surface area (Å²) in [5, 5.41) is 2.62. The molecule has 126 valence electrons. The molecule has 1 saturated heterocycles. The zero-order chi connectivity index (χ0) is 16.9. The molecule has 0 saturated carbocycles. The van der Waals surface area contributed by atoms with Crippen molar-refractivity contribution >= 4 is 23.6 Å². The van der Waals surface area contributed by atoms with Gasteiger partial charge in [-0.25, -0.2) is 9.78 Å². The van der Waals surface area contributed by atoms with Gasteiger partial charge in [-0.05, 0) is 24.5 Å². The van der Waals surface area contributed by atoms with E-state index in [1.165, 1.54) is 15.7 Å². The molecule has 0 bridgehead atoms. The average molecular weight is 344 g/mol. The molecule has 2 amide bonds.